The molecule has 10 rings (SSSR count). The molecule has 10 aromatic rings. The first-order chi connectivity index (χ1) is 24.8. The molecule has 0 saturated carbocycles. The zero-order chi connectivity index (χ0) is 33.0. The summed E-state index contributed by atoms with van der Waals surface area (Å²) in [4.78, 5) is 20.1. The Morgan fingerprint density at radius 3 is 1.76 bits per heavy atom. The molecule has 0 unspecified atom stereocenters. The predicted molar refractivity (Wildman–Crippen MR) is 203 cm³/mol. The molecule has 0 N–H and O–H groups in total. The number of rotatable bonds is 5. The van der Waals surface area contributed by atoms with Gasteiger partial charge < -0.3 is 0 Å². The lowest BCUT2D eigenvalue weighted by molar-refractivity contribution is 0.954. The average molecular weight is 641 g/mol. The molecular formula is C44H28N6. The molecule has 50 heavy (non-hydrogen) atoms. The van der Waals surface area contributed by atoms with Crippen molar-refractivity contribution >= 4 is 43.7 Å². The number of para-hydroxylation sites is 3. The van der Waals surface area contributed by atoms with Gasteiger partial charge in [-0.15, -0.1) is 0 Å². The van der Waals surface area contributed by atoms with Gasteiger partial charge in [0.15, 0.2) is 11.6 Å². The lowest BCUT2D eigenvalue weighted by atomic mass is 10.0. The van der Waals surface area contributed by atoms with Crippen LogP contribution in [0.2, 0.25) is 0 Å². The van der Waals surface area contributed by atoms with E-state index >= 15 is 0 Å². The molecule has 0 bridgehead atoms. The van der Waals surface area contributed by atoms with Gasteiger partial charge in [0.25, 0.3) is 0 Å². The summed E-state index contributed by atoms with van der Waals surface area (Å²) in [5.74, 6) is 1.82. The van der Waals surface area contributed by atoms with Gasteiger partial charge in [-0.2, -0.15) is 9.97 Å². The highest BCUT2D eigenvalue weighted by Crippen LogP contribution is 2.40. The molecule has 0 fully saturated rings. The van der Waals surface area contributed by atoms with Crippen molar-refractivity contribution < 1.29 is 0 Å². The van der Waals surface area contributed by atoms with Crippen LogP contribution >= 0.6 is 0 Å². The third kappa shape index (κ3) is 4.43. The molecule has 6 aromatic carbocycles. The summed E-state index contributed by atoms with van der Waals surface area (Å²) in [6.45, 7) is 0. The SMILES string of the molecule is c1ccc(-c2nc(-c3ccccc3)nc(-n3c4ccccc4c4cccc(-c5ccc6c7cccnc7n(-c7ccccc7)c6c5)c43)n2)cc1. The molecule has 0 amide bonds. The van der Waals surface area contributed by atoms with Crippen molar-refractivity contribution in [1.82, 2.24) is 29.1 Å². The zero-order valence-electron chi connectivity index (χ0n) is 26.8. The fourth-order valence-electron chi connectivity index (χ4n) is 7.21. The Morgan fingerprint density at radius 2 is 1.02 bits per heavy atom. The van der Waals surface area contributed by atoms with Crippen LogP contribution in [0.5, 0.6) is 0 Å². The van der Waals surface area contributed by atoms with Crippen LogP contribution in [-0.2, 0) is 0 Å². The Kier molecular flexibility index (Phi) is 6.39. The van der Waals surface area contributed by atoms with Crippen molar-refractivity contribution in [2.75, 3.05) is 0 Å². The van der Waals surface area contributed by atoms with Gasteiger partial charge in [0.05, 0.1) is 16.6 Å². The lowest BCUT2D eigenvalue weighted by Crippen LogP contribution is -2.07. The Bertz CT molecular complexity index is 2800. The minimum atomic E-state index is 0.569. The van der Waals surface area contributed by atoms with Crippen molar-refractivity contribution in [3.8, 4) is 45.5 Å². The highest BCUT2D eigenvalue weighted by molar-refractivity contribution is 6.15. The largest absolute Gasteiger partial charge is 0.294 e. The molecule has 0 saturated heterocycles. The first-order valence-electron chi connectivity index (χ1n) is 16.7. The molecule has 4 aromatic heterocycles. The Morgan fingerprint density at radius 1 is 0.400 bits per heavy atom. The van der Waals surface area contributed by atoms with E-state index in [0.29, 0.717) is 17.6 Å². The van der Waals surface area contributed by atoms with Crippen LogP contribution in [0.15, 0.2) is 170 Å². The third-order valence-electron chi connectivity index (χ3n) is 9.44. The molecule has 6 nitrogen and oxygen atoms in total. The van der Waals surface area contributed by atoms with Crippen molar-refractivity contribution in [2.45, 2.75) is 0 Å². The Labute approximate surface area is 287 Å². The minimum Gasteiger partial charge on any atom is -0.294 e. The van der Waals surface area contributed by atoms with Gasteiger partial charge in [-0.25, -0.2) is 9.97 Å². The summed E-state index contributed by atoms with van der Waals surface area (Å²) >= 11 is 0. The number of hydrogen-bond acceptors (Lipinski definition) is 4. The topological polar surface area (TPSA) is 61.4 Å². The number of aromatic nitrogens is 6. The monoisotopic (exact) mass is 640 g/mol. The Hall–Kier alpha value is -6.92. The van der Waals surface area contributed by atoms with E-state index in [2.05, 4.69) is 100 Å². The van der Waals surface area contributed by atoms with E-state index in [1.807, 2.05) is 79.0 Å². The first-order valence-corrected chi connectivity index (χ1v) is 16.7. The molecule has 0 aliphatic heterocycles. The Balaban J connectivity index is 1.28. The second kappa shape index (κ2) is 11.4. The normalized spacial score (nSPS) is 11.6. The molecular weight excluding hydrogens is 613 g/mol. The summed E-state index contributed by atoms with van der Waals surface area (Å²) in [7, 11) is 0. The number of pyridine rings is 1. The quantitative estimate of drug-likeness (QED) is 0.188. The van der Waals surface area contributed by atoms with Crippen molar-refractivity contribution in [1.29, 1.82) is 0 Å². The smallest absolute Gasteiger partial charge is 0.238 e. The first kappa shape index (κ1) is 28.1. The molecule has 0 atom stereocenters. The van der Waals surface area contributed by atoms with Gasteiger partial charge >= 0.3 is 0 Å². The van der Waals surface area contributed by atoms with E-state index in [1.54, 1.807) is 0 Å². The van der Waals surface area contributed by atoms with Gasteiger partial charge in [0, 0.05) is 50.1 Å². The molecule has 0 spiro atoms. The molecule has 4 heterocycles. The van der Waals surface area contributed by atoms with Gasteiger partial charge in [-0.3, -0.25) is 9.13 Å². The third-order valence-corrected chi connectivity index (χ3v) is 9.44. The van der Waals surface area contributed by atoms with E-state index in [-0.39, 0.29) is 0 Å². The second-order valence-electron chi connectivity index (χ2n) is 12.3. The summed E-state index contributed by atoms with van der Waals surface area (Å²) in [5, 5.41) is 4.55. The van der Waals surface area contributed by atoms with Crippen LogP contribution in [0.3, 0.4) is 0 Å². The number of nitrogens with zero attached hydrogens (tertiary/aromatic N) is 6. The zero-order valence-corrected chi connectivity index (χ0v) is 26.8. The van der Waals surface area contributed by atoms with Crippen LogP contribution in [0.25, 0.3) is 89.3 Å². The maximum Gasteiger partial charge on any atom is 0.238 e. The predicted octanol–water partition coefficient (Wildman–Crippen LogP) is 10.5. The van der Waals surface area contributed by atoms with E-state index in [4.69, 9.17) is 19.9 Å². The lowest BCUT2D eigenvalue weighted by Gasteiger charge is -2.13. The summed E-state index contributed by atoms with van der Waals surface area (Å²) in [5.41, 5.74) is 9.21. The maximum atomic E-state index is 5.17. The molecule has 234 valence electrons. The van der Waals surface area contributed by atoms with Crippen molar-refractivity contribution in [2.24, 2.45) is 0 Å². The fraction of sp³-hybridized carbons (Fsp3) is 0. The van der Waals surface area contributed by atoms with E-state index in [1.165, 1.54) is 0 Å². The second-order valence-corrected chi connectivity index (χ2v) is 12.3. The molecule has 0 aliphatic rings. The van der Waals surface area contributed by atoms with Crippen LogP contribution in [-0.4, -0.2) is 29.1 Å². The standard InChI is InChI=1S/C44H28N6/c1-4-14-29(15-5-1)41-46-42(30-16-6-2-7-17-30)48-44(47-41)50-38-24-11-10-20-34(38)36-22-12-21-33(40(36)50)31-25-26-35-37-23-13-27-45-43(37)49(39(35)28-31)32-18-8-3-9-19-32/h1-28H. The van der Waals surface area contributed by atoms with E-state index in [0.717, 1.165) is 71.7 Å². The fourth-order valence-corrected chi connectivity index (χ4v) is 7.21. The van der Waals surface area contributed by atoms with Gasteiger partial charge in [0.1, 0.15) is 5.65 Å². The molecule has 0 radical (unpaired) electrons. The molecule has 6 heteroatoms. The highest BCUT2D eigenvalue weighted by atomic mass is 15.2. The van der Waals surface area contributed by atoms with Crippen molar-refractivity contribution in [3.05, 3.63) is 170 Å². The van der Waals surface area contributed by atoms with E-state index in [9.17, 15) is 0 Å². The highest BCUT2D eigenvalue weighted by Gasteiger charge is 2.21. The summed E-state index contributed by atoms with van der Waals surface area (Å²) in [6.07, 6.45) is 1.86. The van der Waals surface area contributed by atoms with Gasteiger partial charge in [0.2, 0.25) is 5.95 Å². The van der Waals surface area contributed by atoms with Gasteiger partial charge in [-0.1, -0.05) is 127 Å². The van der Waals surface area contributed by atoms with Crippen LogP contribution in [0.1, 0.15) is 0 Å². The number of hydrogen-bond donors (Lipinski definition) is 0. The van der Waals surface area contributed by atoms with E-state index < -0.39 is 0 Å². The summed E-state index contributed by atoms with van der Waals surface area (Å²) < 4.78 is 4.47. The van der Waals surface area contributed by atoms with Crippen molar-refractivity contribution in [3.63, 3.8) is 0 Å². The van der Waals surface area contributed by atoms with Crippen LogP contribution < -0.4 is 0 Å². The maximum absolute atomic E-state index is 5.17. The summed E-state index contributed by atoms with van der Waals surface area (Å²) in [6, 6.07) is 56.6. The van der Waals surface area contributed by atoms with Crippen LogP contribution in [0.4, 0.5) is 0 Å². The molecule has 0 aliphatic carbocycles. The van der Waals surface area contributed by atoms with Gasteiger partial charge in [-0.05, 0) is 42.0 Å². The number of benzene rings is 6. The average Bonchev–Trinajstić information content (AvgIpc) is 3.71. The van der Waals surface area contributed by atoms with Crippen LogP contribution in [0, 0.1) is 0 Å². The minimum absolute atomic E-state index is 0.569. The number of fused-ring (bicyclic) bond motifs is 6.